The number of piperidine rings is 1. The molecule has 132 valence electrons. The van der Waals surface area contributed by atoms with Crippen LogP contribution in [0, 0.1) is 5.82 Å². The number of ether oxygens (including phenoxy) is 1. The molecule has 0 bridgehead atoms. The lowest BCUT2D eigenvalue weighted by atomic mass is 9.97. The third-order valence-electron chi connectivity index (χ3n) is 4.94. The molecule has 2 aliphatic rings. The Labute approximate surface area is 147 Å². The molecule has 1 aromatic rings. The molecule has 3 rings (SSSR count). The molecule has 0 radical (unpaired) electrons. The highest BCUT2D eigenvalue weighted by Crippen LogP contribution is 2.24. The van der Waals surface area contributed by atoms with E-state index in [1.54, 1.807) is 0 Å². The van der Waals surface area contributed by atoms with Crippen LogP contribution in [0.2, 0.25) is 5.02 Å². The van der Waals surface area contributed by atoms with Gasteiger partial charge in [-0.1, -0.05) is 11.6 Å². The fraction of sp³-hybridized carbons (Fsp3) is 0.611. The van der Waals surface area contributed by atoms with Crippen molar-refractivity contribution in [2.45, 2.75) is 31.7 Å². The maximum atomic E-state index is 13.3. The molecule has 0 N–H and O–H groups in total. The van der Waals surface area contributed by atoms with Gasteiger partial charge in [-0.3, -0.25) is 9.69 Å². The van der Waals surface area contributed by atoms with Crippen molar-refractivity contribution in [3.63, 3.8) is 0 Å². The van der Waals surface area contributed by atoms with E-state index in [1.807, 2.05) is 4.90 Å². The first-order valence-electron chi connectivity index (χ1n) is 8.71. The lowest BCUT2D eigenvalue weighted by Gasteiger charge is -2.37. The number of amides is 1. The number of carbonyl (C=O) groups is 1. The second-order valence-electron chi connectivity index (χ2n) is 6.52. The molecule has 1 amide bonds. The molecule has 2 heterocycles. The predicted molar refractivity (Wildman–Crippen MR) is 92.0 cm³/mol. The summed E-state index contributed by atoms with van der Waals surface area (Å²) in [6.45, 7) is 5.27. The Kier molecular flexibility index (Phi) is 6.09. The Bertz CT molecular complexity index is 578. The third-order valence-corrected chi connectivity index (χ3v) is 5.23. The van der Waals surface area contributed by atoms with Gasteiger partial charge in [-0.25, -0.2) is 4.39 Å². The van der Waals surface area contributed by atoms with Crippen LogP contribution in [-0.4, -0.2) is 61.1 Å². The van der Waals surface area contributed by atoms with Gasteiger partial charge in [0, 0.05) is 37.8 Å². The van der Waals surface area contributed by atoms with Gasteiger partial charge in [0.15, 0.2) is 0 Å². The highest BCUT2D eigenvalue weighted by Gasteiger charge is 2.28. The maximum absolute atomic E-state index is 13.3. The number of halogens is 2. The van der Waals surface area contributed by atoms with Crippen molar-refractivity contribution in [1.82, 2.24) is 9.80 Å². The standard InChI is InChI=1S/C18H24ClFN2O2/c19-16-13-14(4-5-17(16)20)18(23)22-7-2-1-3-15(22)6-8-21-9-11-24-12-10-21/h4-5,13,15H,1-3,6-12H2/t15-/m1/s1. The minimum absolute atomic E-state index is 0.00252. The van der Waals surface area contributed by atoms with Crippen LogP contribution < -0.4 is 0 Å². The van der Waals surface area contributed by atoms with Crippen molar-refractivity contribution in [3.05, 3.63) is 34.6 Å². The first kappa shape index (κ1) is 17.6. The van der Waals surface area contributed by atoms with Crippen LogP contribution in [0.3, 0.4) is 0 Å². The zero-order valence-electron chi connectivity index (χ0n) is 13.8. The molecule has 1 atom stereocenters. The summed E-state index contributed by atoms with van der Waals surface area (Å²) in [5.41, 5.74) is 0.472. The third kappa shape index (κ3) is 4.26. The van der Waals surface area contributed by atoms with Gasteiger partial charge in [-0.15, -0.1) is 0 Å². The Morgan fingerprint density at radius 1 is 1.25 bits per heavy atom. The summed E-state index contributed by atoms with van der Waals surface area (Å²) in [5.74, 6) is -0.528. The molecule has 1 aromatic carbocycles. The minimum atomic E-state index is -0.490. The van der Waals surface area contributed by atoms with Crippen LogP contribution in [0.4, 0.5) is 4.39 Å². The van der Waals surface area contributed by atoms with Crippen molar-refractivity contribution in [2.24, 2.45) is 0 Å². The molecule has 2 aliphatic heterocycles. The highest BCUT2D eigenvalue weighted by atomic mass is 35.5. The van der Waals surface area contributed by atoms with Crippen molar-refractivity contribution < 1.29 is 13.9 Å². The zero-order chi connectivity index (χ0) is 16.9. The van der Waals surface area contributed by atoms with Gasteiger partial charge in [0.2, 0.25) is 0 Å². The monoisotopic (exact) mass is 354 g/mol. The Morgan fingerprint density at radius 3 is 2.79 bits per heavy atom. The second-order valence-corrected chi connectivity index (χ2v) is 6.93. The summed E-state index contributed by atoms with van der Waals surface area (Å²) in [6, 6.07) is 4.48. The van der Waals surface area contributed by atoms with E-state index in [1.165, 1.54) is 18.2 Å². The van der Waals surface area contributed by atoms with E-state index in [4.69, 9.17) is 16.3 Å². The number of likely N-dealkylation sites (tertiary alicyclic amines) is 1. The summed E-state index contributed by atoms with van der Waals surface area (Å²) < 4.78 is 18.7. The number of rotatable bonds is 4. The summed E-state index contributed by atoms with van der Waals surface area (Å²) in [6.07, 6.45) is 4.18. The van der Waals surface area contributed by atoms with Gasteiger partial charge < -0.3 is 9.64 Å². The van der Waals surface area contributed by atoms with Crippen LogP contribution in [0.1, 0.15) is 36.0 Å². The highest BCUT2D eigenvalue weighted by molar-refractivity contribution is 6.31. The molecule has 24 heavy (non-hydrogen) atoms. The summed E-state index contributed by atoms with van der Waals surface area (Å²) in [4.78, 5) is 17.2. The molecule has 6 heteroatoms. The van der Waals surface area contributed by atoms with E-state index in [-0.39, 0.29) is 17.0 Å². The lowest BCUT2D eigenvalue weighted by Crippen LogP contribution is -2.46. The van der Waals surface area contributed by atoms with Gasteiger partial charge >= 0.3 is 0 Å². The lowest BCUT2D eigenvalue weighted by molar-refractivity contribution is 0.0295. The molecule has 0 aromatic heterocycles. The van der Waals surface area contributed by atoms with E-state index < -0.39 is 5.82 Å². The van der Waals surface area contributed by atoms with Gasteiger partial charge in [-0.2, -0.15) is 0 Å². The van der Waals surface area contributed by atoms with E-state index in [0.29, 0.717) is 5.56 Å². The van der Waals surface area contributed by atoms with Gasteiger partial charge in [0.25, 0.3) is 5.91 Å². The van der Waals surface area contributed by atoms with Crippen LogP contribution >= 0.6 is 11.6 Å². The second kappa shape index (κ2) is 8.28. The molecular weight excluding hydrogens is 331 g/mol. The van der Waals surface area contributed by atoms with E-state index in [0.717, 1.165) is 65.1 Å². The topological polar surface area (TPSA) is 32.8 Å². The number of benzene rings is 1. The molecule has 0 unspecified atom stereocenters. The molecule has 0 spiro atoms. The molecule has 2 fully saturated rings. The van der Waals surface area contributed by atoms with Crippen molar-refractivity contribution >= 4 is 17.5 Å². The quantitative estimate of drug-likeness (QED) is 0.832. The molecule has 0 aliphatic carbocycles. The van der Waals surface area contributed by atoms with Crippen LogP contribution in [0.25, 0.3) is 0 Å². The minimum Gasteiger partial charge on any atom is -0.379 e. The Balaban J connectivity index is 1.64. The molecule has 0 saturated carbocycles. The predicted octanol–water partition coefficient (Wildman–Crippen LogP) is 3.20. The molecular formula is C18H24ClFN2O2. The van der Waals surface area contributed by atoms with E-state index >= 15 is 0 Å². The number of carbonyl (C=O) groups excluding carboxylic acids is 1. The van der Waals surface area contributed by atoms with Gasteiger partial charge in [0.05, 0.1) is 18.2 Å². The number of hydrogen-bond acceptors (Lipinski definition) is 3. The normalized spacial score (nSPS) is 22.6. The summed E-state index contributed by atoms with van der Waals surface area (Å²) in [7, 11) is 0. The Hall–Kier alpha value is -1.17. The van der Waals surface area contributed by atoms with Crippen LogP contribution in [0.15, 0.2) is 18.2 Å². The average Bonchev–Trinajstić information content (AvgIpc) is 2.63. The zero-order valence-corrected chi connectivity index (χ0v) is 14.6. The van der Waals surface area contributed by atoms with Crippen LogP contribution in [-0.2, 0) is 4.74 Å². The first-order chi connectivity index (χ1) is 11.6. The number of nitrogens with zero attached hydrogens (tertiary/aromatic N) is 2. The fourth-order valence-corrected chi connectivity index (χ4v) is 3.70. The van der Waals surface area contributed by atoms with Crippen LogP contribution in [0.5, 0.6) is 0 Å². The summed E-state index contributed by atoms with van der Waals surface area (Å²) >= 11 is 5.83. The van der Waals surface area contributed by atoms with E-state index in [9.17, 15) is 9.18 Å². The largest absolute Gasteiger partial charge is 0.379 e. The smallest absolute Gasteiger partial charge is 0.254 e. The van der Waals surface area contributed by atoms with Crippen molar-refractivity contribution in [3.8, 4) is 0 Å². The van der Waals surface area contributed by atoms with E-state index in [2.05, 4.69) is 4.90 Å². The first-order valence-corrected chi connectivity index (χ1v) is 9.09. The van der Waals surface area contributed by atoms with Gasteiger partial charge in [0.1, 0.15) is 5.82 Å². The Morgan fingerprint density at radius 2 is 2.04 bits per heavy atom. The SMILES string of the molecule is O=C(c1ccc(F)c(Cl)c1)N1CCCC[C@@H]1CCN1CCOCC1. The number of morpholine rings is 1. The van der Waals surface area contributed by atoms with Gasteiger partial charge in [-0.05, 0) is 43.9 Å². The molecule has 2 saturated heterocycles. The maximum Gasteiger partial charge on any atom is 0.254 e. The average molecular weight is 355 g/mol. The summed E-state index contributed by atoms with van der Waals surface area (Å²) in [5, 5.41) is 0.00252. The van der Waals surface area contributed by atoms with Crippen molar-refractivity contribution in [2.75, 3.05) is 39.4 Å². The number of hydrogen-bond donors (Lipinski definition) is 0. The van der Waals surface area contributed by atoms with Crippen molar-refractivity contribution in [1.29, 1.82) is 0 Å². The molecule has 4 nitrogen and oxygen atoms in total. The fourth-order valence-electron chi connectivity index (χ4n) is 3.52.